The fourth-order valence-corrected chi connectivity index (χ4v) is 2.45. The van der Waals surface area contributed by atoms with Gasteiger partial charge >= 0.3 is 6.18 Å². The van der Waals surface area contributed by atoms with Crippen molar-refractivity contribution in [3.63, 3.8) is 0 Å². The molecule has 1 aromatic heterocycles. The van der Waals surface area contributed by atoms with Crippen molar-refractivity contribution in [3.8, 4) is 0 Å². The molecule has 2 rings (SSSR count). The van der Waals surface area contributed by atoms with Gasteiger partial charge in [0.2, 0.25) is 0 Å². The Balaban J connectivity index is 2.37. The molecule has 2 nitrogen and oxygen atoms in total. The lowest BCUT2D eigenvalue weighted by Crippen LogP contribution is -2.19. The van der Waals surface area contributed by atoms with Crippen LogP contribution in [0.5, 0.6) is 0 Å². The number of hydrogen-bond donors (Lipinski definition) is 1. The largest absolute Gasteiger partial charge is 0.416 e. The van der Waals surface area contributed by atoms with E-state index in [4.69, 9.17) is 23.2 Å². The zero-order chi connectivity index (χ0) is 15.6. The van der Waals surface area contributed by atoms with Crippen LogP contribution < -0.4 is 5.32 Å². The van der Waals surface area contributed by atoms with Crippen molar-refractivity contribution in [1.82, 2.24) is 10.3 Å². The first-order valence-electron chi connectivity index (χ1n) is 5.98. The average Bonchev–Trinajstić information content (AvgIpc) is 2.41. The minimum absolute atomic E-state index is 0.349. The van der Waals surface area contributed by atoms with Crippen LogP contribution in [0, 0.1) is 0 Å². The number of nitrogens with one attached hydrogen (secondary N) is 1. The van der Waals surface area contributed by atoms with E-state index in [1.165, 1.54) is 18.3 Å². The van der Waals surface area contributed by atoms with Gasteiger partial charge in [-0.3, -0.25) is 4.98 Å². The molecule has 0 bridgehead atoms. The number of aromatic nitrogens is 1. The van der Waals surface area contributed by atoms with Crippen molar-refractivity contribution in [3.05, 3.63) is 63.4 Å². The average molecular weight is 335 g/mol. The number of hydrogen-bond acceptors (Lipinski definition) is 2. The predicted molar refractivity (Wildman–Crippen MR) is 76.6 cm³/mol. The number of halogens is 5. The van der Waals surface area contributed by atoms with Gasteiger partial charge in [0, 0.05) is 6.20 Å². The van der Waals surface area contributed by atoms with Gasteiger partial charge < -0.3 is 5.32 Å². The van der Waals surface area contributed by atoms with Gasteiger partial charge in [0.25, 0.3) is 0 Å². The molecule has 1 atom stereocenters. The van der Waals surface area contributed by atoms with E-state index in [9.17, 15) is 13.2 Å². The van der Waals surface area contributed by atoms with Gasteiger partial charge in [-0.25, -0.2) is 0 Å². The Bertz CT molecular complexity index is 627. The number of rotatable bonds is 3. The highest BCUT2D eigenvalue weighted by atomic mass is 35.5. The molecule has 2 aromatic rings. The normalized spacial score (nSPS) is 13.2. The fraction of sp³-hybridized carbons (Fsp3) is 0.214. The fourth-order valence-electron chi connectivity index (χ4n) is 1.96. The van der Waals surface area contributed by atoms with E-state index in [1.54, 1.807) is 13.1 Å². The maximum atomic E-state index is 12.6. The molecule has 0 aliphatic rings. The van der Waals surface area contributed by atoms with Gasteiger partial charge in [-0.15, -0.1) is 0 Å². The van der Waals surface area contributed by atoms with Gasteiger partial charge in [-0.05, 0) is 30.8 Å². The van der Waals surface area contributed by atoms with Gasteiger partial charge in [0.15, 0.2) is 0 Å². The number of pyridine rings is 1. The van der Waals surface area contributed by atoms with E-state index in [-0.39, 0.29) is 0 Å². The summed E-state index contributed by atoms with van der Waals surface area (Å²) in [5.41, 5.74) is 0.432. The zero-order valence-electron chi connectivity index (χ0n) is 10.9. The Morgan fingerprint density at radius 1 is 1.14 bits per heavy atom. The Morgan fingerprint density at radius 3 is 2.24 bits per heavy atom. The van der Waals surface area contributed by atoms with Crippen molar-refractivity contribution >= 4 is 23.2 Å². The van der Waals surface area contributed by atoms with Crippen LogP contribution in [0.15, 0.2) is 36.5 Å². The van der Waals surface area contributed by atoms with Crippen LogP contribution in [0.2, 0.25) is 10.0 Å². The molecule has 1 N–H and O–H groups in total. The third-order valence-corrected chi connectivity index (χ3v) is 3.48. The molecule has 0 spiro atoms. The van der Waals surface area contributed by atoms with Crippen molar-refractivity contribution < 1.29 is 13.2 Å². The summed E-state index contributed by atoms with van der Waals surface area (Å²) in [6, 6.07) is 5.98. The molecule has 0 aliphatic heterocycles. The van der Waals surface area contributed by atoms with Crippen molar-refractivity contribution in [2.75, 3.05) is 7.05 Å². The Hall–Kier alpha value is -1.30. The highest BCUT2D eigenvalue weighted by Gasteiger charge is 2.30. The summed E-state index contributed by atoms with van der Waals surface area (Å²) < 4.78 is 37.7. The van der Waals surface area contributed by atoms with E-state index in [1.807, 2.05) is 0 Å². The number of benzene rings is 1. The quantitative estimate of drug-likeness (QED) is 0.878. The lowest BCUT2D eigenvalue weighted by atomic mass is 10.0. The van der Waals surface area contributed by atoms with Crippen LogP contribution in [0.3, 0.4) is 0 Å². The lowest BCUT2D eigenvalue weighted by Gasteiger charge is -2.18. The van der Waals surface area contributed by atoms with Crippen LogP contribution in [0.4, 0.5) is 13.2 Å². The van der Waals surface area contributed by atoms with E-state index >= 15 is 0 Å². The summed E-state index contributed by atoms with van der Waals surface area (Å²) in [6.45, 7) is 0. The summed E-state index contributed by atoms with van der Waals surface area (Å²) in [5.74, 6) is 0. The summed E-state index contributed by atoms with van der Waals surface area (Å²) in [5, 5.41) is 3.73. The molecule has 0 saturated heterocycles. The van der Waals surface area contributed by atoms with E-state index < -0.39 is 17.8 Å². The minimum atomic E-state index is -4.36. The summed E-state index contributed by atoms with van der Waals surface area (Å²) in [6.07, 6.45) is -2.92. The highest BCUT2D eigenvalue weighted by Crippen LogP contribution is 2.32. The molecule has 0 fully saturated rings. The molecule has 0 amide bonds. The van der Waals surface area contributed by atoms with Crippen LogP contribution >= 0.6 is 23.2 Å². The molecule has 1 aromatic carbocycles. The molecule has 112 valence electrons. The third-order valence-electron chi connectivity index (χ3n) is 2.97. The van der Waals surface area contributed by atoms with Crippen LogP contribution in [-0.2, 0) is 6.18 Å². The predicted octanol–water partition coefficient (Wildman–Crippen LogP) is 4.72. The molecule has 0 radical (unpaired) electrons. The van der Waals surface area contributed by atoms with Gasteiger partial charge in [0.1, 0.15) is 0 Å². The summed E-state index contributed by atoms with van der Waals surface area (Å²) in [4.78, 5) is 4.15. The van der Waals surface area contributed by atoms with Crippen molar-refractivity contribution in [2.24, 2.45) is 0 Å². The maximum Gasteiger partial charge on any atom is 0.416 e. The SMILES string of the molecule is CNC(c1ccc(C(F)(F)F)cc1)c1ncc(Cl)cc1Cl. The first kappa shape index (κ1) is 16.1. The molecular formula is C14H11Cl2F3N2. The Labute approximate surface area is 129 Å². The zero-order valence-corrected chi connectivity index (χ0v) is 12.4. The number of alkyl halides is 3. The molecule has 1 unspecified atom stereocenters. The minimum Gasteiger partial charge on any atom is -0.308 e. The van der Waals surface area contributed by atoms with Crippen molar-refractivity contribution in [1.29, 1.82) is 0 Å². The monoisotopic (exact) mass is 334 g/mol. The van der Waals surface area contributed by atoms with Crippen molar-refractivity contribution in [2.45, 2.75) is 12.2 Å². The standard InChI is InChI=1S/C14H11Cl2F3N2/c1-20-12(13-11(16)6-10(15)7-21-13)8-2-4-9(5-3-8)14(17,18)19/h2-7,12,20H,1H3. The van der Waals surface area contributed by atoms with E-state index in [0.29, 0.717) is 21.3 Å². The molecule has 0 saturated carbocycles. The maximum absolute atomic E-state index is 12.6. The highest BCUT2D eigenvalue weighted by molar-refractivity contribution is 6.34. The second-order valence-electron chi connectivity index (χ2n) is 4.36. The Kier molecular flexibility index (Phi) is 4.76. The molecule has 7 heteroatoms. The first-order valence-corrected chi connectivity index (χ1v) is 6.74. The van der Waals surface area contributed by atoms with E-state index in [2.05, 4.69) is 10.3 Å². The summed E-state index contributed by atoms with van der Waals surface area (Å²) >= 11 is 11.9. The third kappa shape index (κ3) is 3.67. The summed E-state index contributed by atoms with van der Waals surface area (Å²) in [7, 11) is 1.68. The van der Waals surface area contributed by atoms with Crippen LogP contribution in [0.1, 0.15) is 22.9 Å². The van der Waals surface area contributed by atoms with E-state index in [0.717, 1.165) is 12.1 Å². The second-order valence-corrected chi connectivity index (χ2v) is 5.21. The smallest absolute Gasteiger partial charge is 0.308 e. The lowest BCUT2D eigenvalue weighted by molar-refractivity contribution is -0.137. The molecular weight excluding hydrogens is 324 g/mol. The molecule has 0 aliphatic carbocycles. The Morgan fingerprint density at radius 2 is 1.76 bits per heavy atom. The first-order chi connectivity index (χ1) is 9.82. The van der Waals surface area contributed by atoms with Crippen LogP contribution in [0.25, 0.3) is 0 Å². The second kappa shape index (κ2) is 6.22. The van der Waals surface area contributed by atoms with Gasteiger partial charge in [-0.1, -0.05) is 35.3 Å². The van der Waals surface area contributed by atoms with Gasteiger partial charge in [0.05, 0.1) is 27.3 Å². The molecule has 21 heavy (non-hydrogen) atoms. The van der Waals surface area contributed by atoms with Gasteiger partial charge in [-0.2, -0.15) is 13.2 Å². The molecule has 1 heterocycles. The topological polar surface area (TPSA) is 24.9 Å². The number of nitrogens with zero attached hydrogens (tertiary/aromatic N) is 1. The van der Waals surface area contributed by atoms with Crippen LogP contribution in [-0.4, -0.2) is 12.0 Å².